The highest BCUT2D eigenvalue weighted by molar-refractivity contribution is 5.98. The van der Waals surface area contributed by atoms with Crippen molar-refractivity contribution in [1.82, 2.24) is 4.90 Å². The van der Waals surface area contributed by atoms with Crippen molar-refractivity contribution in [2.24, 2.45) is 4.99 Å². The molecular weight excluding hydrogens is 328 g/mol. The molecular formula is C21H24N2O3. The zero-order valence-corrected chi connectivity index (χ0v) is 15.4. The van der Waals surface area contributed by atoms with Gasteiger partial charge in [-0.1, -0.05) is 24.3 Å². The molecule has 0 radical (unpaired) electrons. The summed E-state index contributed by atoms with van der Waals surface area (Å²) in [6.07, 6.45) is 2.50. The first-order valence-electron chi connectivity index (χ1n) is 8.79. The second kappa shape index (κ2) is 8.04. The number of carbonyl (C=O) groups excluding carboxylic acids is 1. The average Bonchev–Trinajstić information content (AvgIpc) is 3.00. The number of hydrogen-bond acceptors (Lipinski definition) is 4. The lowest BCUT2D eigenvalue weighted by atomic mass is 10.0. The molecule has 1 aliphatic rings. The van der Waals surface area contributed by atoms with Gasteiger partial charge >= 0.3 is 0 Å². The first-order valence-corrected chi connectivity index (χ1v) is 8.79. The summed E-state index contributed by atoms with van der Waals surface area (Å²) >= 11 is 0. The van der Waals surface area contributed by atoms with Gasteiger partial charge in [0.2, 0.25) is 0 Å². The molecule has 0 saturated heterocycles. The molecule has 1 amide bonds. The van der Waals surface area contributed by atoms with Crippen molar-refractivity contribution < 1.29 is 14.3 Å². The van der Waals surface area contributed by atoms with Crippen molar-refractivity contribution >= 4 is 12.1 Å². The normalized spacial score (nSPS) is 14.6. The number of nitrogens with zero attached hydrogens (tertiary/aromatic N) is 2. The van der Waals surface area contributed by atoms with E-state index in [-0.39, 0.29) is 11.9 Å². The maximum Gasteiger partial charge on any atom is 0.255 e. The minimum Gasteiger partial charge on any atom is -0.493 e. The molecule has 0 saturated carbocycles. The van der Waals surface area contributed by atoms with E-state index in [9.17, 15) is 4.79 Å². The van der Waals surface area contributed by atoms with Gasteiger partial charge in [0.05, 0.1) is 19.8 Å². The summed E-state index contributed by atoms with van der Waals surface area (Å²) in [7, 11) is 3.37. The van der Waals surface area contributed by atoms with Crippen LogP contribution < -0.4 is 9.47 Å². The van der Waals surface area contributed by atoms with E-state index in [2.05, 4.69) is 4.99 Å². The van der Waals surface area contributed by atoms with E-state index in [0.29, 0.717) is 31.1 Å². The number of benzene rings is 2. The first-order chi connectivity index (χ1) is 12.7. The quantitative estimate of drug-likeness (QED) is 0.711. The monoisotopic (exact) mass is 352 g/mol. The van der Waals surface area contributed by atoms with Crippen LogP contribution in [0.25, 0.3) is 0 Å². The van der Waals surface area contributed by atoms with Gasteiger partial charge in [0, 0.05) is 31.8 Å². The van der Waals surface area contributed by atoms with Gasteiger partial charge in [0.25, 0.3) is 5.91 Å². The minimum absolute atomic E-state index is 0.0591. The largest absolute Gasteiger partial charge is 0.493 e. The van der Waals surface area contributed by atoms with Gasteiger partial charge in [0.15, 0.2) is 11.5 Å². The second-order valence-electron chi connectivity index (χ2n) is 6.13. The van der Waals surface area contributed by atoms with Crippen molar-refractivity contribution in [2.45, 2.75) is 25.9 Å². The molecule has 0 fully saturated rings. The van der Waals surface area contributed by atoms with E-state index in [1.165, 1.54) is 0 Å². The Bertz CT molecular complexity index is 817. The number of aliphatic imine (C=N–C) groups is 1. The predicted octanol–water partition coefficient (Wildman–Crippen LogP) is 3.88. The molecule has 2 aromatic rings. The Hall–Kier alpha value is -2.82. The molecule has 5 heteroatoms. The smallest absolute Gasteiger partial charge is 0.255 e. The fourth-order valence-corrected chi connectivity index (χ4v) is 3.35. The molecule has 1 aliphatic heterocycles. The van der Waals surface area contributed by atoms with E-state index in [4.69, 9.17) is 9.47 Å². The van der Waals surface area contributed by atoms with Gasteiger partial charge in [-0.2, -0.15) is 0 Å². The summed E-state index contributed by atoms with van der Waals surface area (Å²) in [5.74, 6) is 1.44. The number of rotatable bonds is 7. The van der Waals surface area contributed by atoms with Crippen LogP contribution in [-0.2, 0) is 6.54 Å². The molecule has 0 aliphatic carbocycles. The predicted molar refractivity (Wildman–Crippen MR) is 102 cm³/mol. The molecule has 3 rings (SSSR count). The summed E-state index contributed by atoms with van der Waals surface area (Å²) in [5, 5.41) is 0. The van der Waals surface area contributed by atoms with Crippen molar-refractivity contribution in [1.29, 1.82) is 0 Å². The molecule has 2 aromatic carbocycles. The zero-order chi connectivity index (χ0) is 18.5. The summed E-state index contributed by atoms with van der Waals surface area (Å²) in [6.45, 7) is 3.09. The van der Waals surface area contributed by atoms with Gasteiger partial charge in [-0.3, -0.25) is 4.79 Å². The van der Waals surface area contributed by atoms with Crippen LogP contribution >= 0.6 is 0 Å². The lowest BCUT2D eigenvalue weighted by Gasteiger charge is -2.28. The number of methoxy groups -OCH3 is 1. The summed E-state index contributed by atoms with van der Waals surface area (Å²) < 4.78 is 11.1. The Morgan fingerprint density at radius 2 is 2.04 bits per heavy atom. The number of hydrogen-bond donors (Lipinski definition) is 0. The van der Waals surface area contributed by atoms with Crippen molar-refractivity contribution in [3.8, 4) is 11.5 Å². The van der Waals surface area contributed by atoms with Crippen molar-refractivity contribution in [3.63, 3.8) is 0 Å². The molecule has 0 spiro atoms. The van der Waals surface area contributed by atoms with Gasteiger partial charge in [-0.25, -0.2) is 0 Å². The number of fused-ring (bicyclic) bond motifs is 1. The SMILES string of the molecule is CCOc1cc(C(CC=NC)N2Cc3ccccc3C2=O)ccc1OC. The maximum absolute atomic E-state index is 12.9. The number of amides is 1. The molecule has 1 unspecified atom stereocenters. The maximum atomic E-state index is 12.9. The highest BCUT2D eigenvalue weighted by Crippen LogP contribution is 2.37. The first kappa shape index (κ1) is 18.0. The van der Waals surface area contributed by atoms with Crippen LogP contribution in [0.15, 0.2) is 47.5 Å². The van der Waals surface area contributed by atoms with Crippen LogP contribution in [0, 0.1) is 0 Å². The van der Waals surface area contributed by atoms with Crippen LogP contribution in [0.5, 0.6) is 11.5 Å². The fourth-order valence-electron chi connectivity index (χ4n) is 3.35. The van der Waals surface area contributed by atoms with Crippen LogP contribution in [-0.4, -0.2) is 37.8 Å². The molecule has 1 atom stereocenters. The molecule has 136 valence electrons. The Kier molecular flexibility index (Phi) is 5.56. The van der Waals surface area contributed by atoms with Gasteiger partial charge in [0.1, 0.15) is 0 Å². The van der Waals surface area contributed by atoms with E-state index in [1.807, 2.05) is 60.5 Å². The van der Waals surface area contributed by atoms with Gasteiger partial charge in [-0.05, 0) is 36.2 Å². The third-order valence-corrected chi connectivity index (χ3v) is 4.61. The average molecular weight is 352 g/mol. The van der Waals surface area contributed by atoms with Crippen LogP contribution in [0.1, 0.15) is 40.9 Å². The summed E-state index contributed by atoms with van der Waals surface area (Å²) in [4.78, 5) is 19.0. The Morgan fingerprint density at radius 1 is 1.23 bits per heavy atom. The highest BCUT2D eigenvalue weighted by atomic mass is 16.5. The van der Waals surface area contributed by atoms with Gasteiger partial charge in [-0.15, -0.1) is 0 Å². The third kappa shape index (κ3) is 3.43. The molecule has 0 N–H and O–H groups in total. The Morgan fingerprint density at radius 3 is 2.73 bits per heavy atom. The van der Waals surface area contributed by atoms with E-state index >= 15 is 0 Å². The zero-order valence-electron chi connectivity index (χ0n) is 15.4. The second-order valence-corrected chi connectivity index (χ2v) is 6.13. The Balaban J connectivity index is 1.97. The standard InChI is InChI=1S/C21H24N2O3/c1-4-26-20-13-15(9-10-19(20)25-3)18(11-12-22-2)23-14-16-7-5-6-8-17(16)21(23)24/h5-10,12-13,18H,4,11,14H2,1-3H3. The summed E-state index contributed by atoms with van der Waals surface area (Å²) in [6, 6.07) is 13.5. The van der Waals surface area contributed by atoms with Crippen molar-refractivity contribution in [3.05, 3.63) is 59.2 Å². The lowest BCUT2D eigenvalue weighted by Crippen LogP contribution is -2.29. The summed E-state index contributed by atoms with van der Waals surface area (Å²) in [5.41, 5.74) is 2.86. The van der Waals surface area contributed by atoms with E-state index in [0.717, 1.165) is 16.7 Å². The highest BCUT2D eigenvalue weighted by Gasteiger charge is 2.33. The fraction of sp³-hybridized carbons (Fsp3) is 0.333. The van der Waals surface area contributed by atoms with Crippen LogP contribution in [0.2, 0.25) is 0 Å². The number of carbonyl (C=O) groups is 1. The van der Waals surface area contributed by atoms with Crippen LogP contribution in [0.4, 0.5) is 0 Å². The van der Waals surface area contributed by atoms with Crippen LogP contribution in [0.3, 0.4) is 0 Å². The van der Waals surface area contributed by atoms with E-state index < -0.39 is 0 Å². The molecule has 1 heterocycles. The number of ether oxygens (including phenoxy) is 2. The molecule has 26 heavy (non-hydrogen) atoms. The molecule has 5 nitrogen and oxygen atoms in total. The van der Waals surface area contributed by atoms with Gasteiger partial charge < -0.3 is 19.4 Å². The Labute approximate surface area is 154 Å². The lowest BCUT2D eigenvalue weighted by molar-refractivity contribution is 0.0706. The van der Waals surface area contributed by atoms with E-state index in [1.54, 1.807) is 14.2 Å². The molecule has 0 aromatic heterocycles. The minimum atomic E-state index is -0.108. The third-order valence-electron chi connectivity index (χ3n) is 4.61. The van der Waals surface area contributed by atoms with Crippen molar-refractivity contribution in [2.75, 3.05) is 20.8 Å². The topological polar surface area (TPSA) is 51.1 Å². The molecule has 0 bridgehead atoms.